The van der Waals surface area contributed by atoms with Gasteiger partial charge in [-0.25, -0.2) is 0 Å². The lowest BCUT2D eigenvalue weighted by Crippen LogP contribution is -2.26. The van der Waals surface area contributed by atoms with E-state index in [-0.39, 0.29) is 12.1 Å². The minimum atomic E-state index is -0.409. The number of hydrogen-bond acceptors (Lipinski definition) is 3. The van der Waals surface area contributed by atoms with Gasteiger partial charge < -0.3 is 9.30 Å². The molecule has 1 rings (SSSR count). The van der Waals surface area contributed by atoms with Crippen molar-refractivity contribution in [2.75, 3.05) is 7.11 Å². The summed E-state index contributed by atoms with van der Waals surface area (Å²) >= 11 is 0. The Balaban J connectivity index is 3.05. The summed E-state index contributed by atoms with van der Waals surface area (Å²) in [6.45, 7) is 1.92. The maximum Gasteiger partial charge on any atom is 0.325 e. The topological polar surface area (TPSA) is 48.3 Å². The summed E-state index contributed by atoms with van der Waals surface area (Å²) in [5.74, 6) is -0.409. The van der Waals surface area contributed by atoms with Gasteiger partial charge in [0.2, 0.25) is 0 Å². The number of esters is 1. The number of hydrogen-bond donors (Lipinski definition) is 0. The van der Waals surface area contributed by atoms with Crippen LogP contribution < -0.4 is 5.56 Å². The second-order valence-corrected chi connectivity index (χ2v) is 2.87. The first-order chi connectivity index (χ1) is 6.69. The molecule has 76 valence electrons. The molecule has 0 saturated heterocycles. The highest BCUT2D eigenvalue weighted by Crippen LogP contribution is 1.97. The second kappa shape index (κ2) is 4.60. The van der Waals surface area contributed by atoms with Crippen LogP contribution in [0.15, 0.2) is 23.0 Å². The highest BCUT2D eigenvalue weighted by Gasteiger charge is 2.06. The summed E-state index contributed by atoms with van der Waals surface area (Å²) in [4.78, 5) is 22.4. The van der Waals surface area contributed by atoms with Crippen molar-refractivity contribution in [2.45, 2.75) is 19.9 Å². The van der Waals surface area contributed by atoms with Crippen LogP contribution in [-0.2, 0) is 22.5 Å². The first-order valence-electron chi connectivity index (χ1n) is 4.44. The molecule has 1 aromatic rings. The van der Waals surface area contributed by atoms with Gasteiger partial charge in [0.05, 0.1) is 7.11 Å². The fraction of sp³-hybridized carbons (Fsp3) is 0.400. The Hall–Kier alpha value is -1.58. The fourth-order valence-electron chi connectivity index (χ4n) is 1.24. The average Bonchev–Trinajstić information content (AvgIpc) is 2.20. The second-order valence-electron chi connectivity index (χ2n) is 2.87. The van der Waals surface area contributed by atoms with Gasteiger partial charge in [-0.15, -0.1) is 0 Å². The Labute approximate surface area is 82.1 Å². The van der Waals surface area contributed by atoms with Crippen LogP contribution in [0, 0.1) is 0 Å². The van der Waals surface area contributed by atoms with E-state index in [0.717, 1.165) is 5.69 Å². The summed E-state index contributed by atoms with van der Waals surface area (Å²) < 4.78 is 5.93. The number of pyridine rings is 1. The Morgan fingerprint density at radius 2 is 2.21 bits per heavy atom. The maximum absolute atomic E-state index is 11.4. The zero-order valence-corrected chi connectivity index (χ0v) is 8.32. The third-order valence-corrected chi connectivity index (χ3v) is 2.02. The van der Waals surface area contributed by atoms with E-state index in [1.807, 2.05) is 13.0 Å². The molecule has 0 aliphatic rings. The molecular formula is C10H13NO3. The van der Waals surface area contributed by atoms with Crippen molar-refractivity contribution in [3.63, 3.8) is 0 Å². The average molecular weight is 195 g/mol. The van der Waals surface area contributed by atoms with Crippen molar-refractivity contribution in [2.24, 2.45) is 0 Å². The van der Waals surface area contributed by atoms with Crippen LogP contribution in [-0.4, -0.2) is 17.6 Å². The van der Waals surface area contributed by atoms with E-state index in [1.165, 1.54) is 17.7 Å². The van der Waals surface area contributed by atoms with Gasteiger partial charge in [0.1, 0.15) is 6.54 Å². The molecule has 4 nitrogen and oxygen atoms in total. The number of carbonyl (C=O) groups is 1. The monoisotopic (exact) mass is 195 g/mol. The summed E-state index contributed by atoms with van der Waals surface area (Å²) in [6, 6.07) is 4.95. The predicted molar refractivity (Wildman–Crippen MR) is 52.1 cm³/mol. The summed E-state index contributed by atoms with van der Waals surface area (Å²) in [6.07, 6.45) is 0.715. The molecule has 0 aliphatic heterocycles. The molecule has 0 amide bonds. The zero-order valence-electron chi connectivity index (χ0n) is 8.32. The van der Waals surface area contributed by atoms with Gasteiger partial charge in [-0.2, -0.15) is 0 Å². The van der Waals surface area contributed by atoms with E-state index in [2.05, 4.69) is 4.74 Å². The van der Waals surface area contributed by atoms with E-state index in [9.17, 15) is 9.59 Å². The minimum absolute atomic E-state index is 0.0145. The van der Waals surface area contributed by atoms with Crippen LogP contribution in [0.25, 0.3) is 0 Å². The van der Waals surface area contributed by atoms with Crippen LogP contribution in [0.4, 0.5) is 0 Å². The number of aryl methyl sites for hydroxylation is 1. The lowest BCUT2D eigenvalue weighted by Gasteiger charge is -2.08. The lowest BCUT2D eigenvalue weighted by atomic mass is 10.3. The number of ether oxygens (including phenoxy) is 1. The normalized spacial score (nSPS) is 9.86. The number of rotatable bonds is 3. The summed E-state index contributed by atoms with van der Waals surface area (Å²) in [7, 11) is 1.31. The fourth-order valence-corrected chi connectivity index (χ4v) is 1.24. The molecule has 0 saturated carbocycles. The molecule has 0 aliphatic carbocycles. The number of nitrogens with zero attached hydrogens (tertiary/aromatic N) is 1. The molecule has 4 heteroatoms. The van der Waals surface area contributed by atoms with Crippen molar-refractivity contribution >= 4 is 5.97 Å². The molecule has 0 unspecified atom stereocenters. The van der Waals surface area contributed by atoms with Gasteiger partial charge in [-0.1, -0.05) is 13.0 Å². The minimum Gasteiger partial charge on any atom is -0.468 e. The Kier molecular flexibility index (Phi) is 3.45. The Morgan fingerprint density at radius 3 is 2.79 bits per heavy atom. The zero-order chi connectivity index (χ0) is 10.6. The number of carbonyl (C=O) groups excluding carboxylic acids is 1. The van der Waals surface area contributed by atoms with E-state index in [0.29, 0.717) is 6.42 Å². The van der Waals surface area contributed by atoms with Crippen molar-refractivity contribution in [3.05, 3.63) is 34.2 Å². The quantitative estimate of drug-likeness (QED) is 0.663. The van der Waals surface area contributed by atoms with Gasteiger partial charge in [-0.3, -0.25) is 9.59 Å². The van der Waals surface area contributed by atoms with Crippen molar-refractivity contribution in [1.29, 1.82) is 0 Å². The van der Waals surface area contributed by atoms with Crippen molar-refractivity contribution in [3.8, 4) is 0 Å². The first kappa shape index (κ1) is 10.5. The first-order valence-corrected chi connectivity index (χ1v) is 4.44. The maximum atomic E-state index is 11.4. The summed E-state index contributed by atoms with van der Waals surface area (Å²) in [5, 5.41) is 0. The SMILES string of the molecule is CCc1cccc(=O)n1CC(=O)OC. The van der Waals surface area contributed by atoms with Crippen LogP contribution in [0.1, 0.15) is 12.6 Å². The molecule has 0 fully saturated rings. The molecular weight excluding hydrogens is 182 g/mol. The molecule has 0 aromatic carbocycles. The standard InChI is InChI=1S/C10H13NO3/c1-3-8-5-4-6-9(12)11(8)7-10(13)14-2/h4-6H,3,7H2,1-2H3. The largest absolute Gasteiger partial charge is 0.468 e. The molecule has 0 N–H and O–H groups in total. The van der Waals surface area contributed by atoms with Crippen molar-refractivity contribution in [1.82, 2.24) is 4.57 Å². The molecule has 0 spiro atoms. The Morgan fingerprint density at radius 1 is 1.50 bits per heavy atom. The van der Waals surface area contributed by atoms with E-state index in [1.54, 1.807) is 6.07 Å². The van der Waals surface area contributed by atoms with Gasteiger partial charge in [0.15, 0.2) is 0 Å². The summed E-state index contributed by atoms with van der Waals surface area (Å²) in [5.41, 5.74) is 0.664. The smallest absolute Gasteiger partial charge is 0.325 e. The van der Waals surface area contributed by atoms with Crippen molar-refractivity contribution < 1.29 is 9.53 Å². The molecule has 0 radical (unpaired) electrons. The van der Waals surface area contributed by atoms with Gasteiger partial charge in [-0.05, 0) is 12.5 Å². The lowest BCUT2D eigenvalue weighted by molar-refractivity contribution is -0.141. The van der Waals surface area contributed by atoms with E-state index >= 15 is 0 Å². The van der Waals surface area contributed by atoms with Crippen LogP contribution in [0.2, 0.25) is 0 Å². The highest BCUT2D eigenvalue weighted by molar-refractivity contribution is 5.69. The Bertz CT molecular complexity index is 381. The molecule has 1 aromatic heterocycles. The third kappa shape index (κ3) is 2.22. The van der Waals surface area contributed by atoms with Gasteiger partial charge in [0, 0.05) is 11.8 Å². The number of aromatic nitrogens is 1. The third-order valence-electron chi connectivity index (χ3n) is 2.02. The molecule has 0 atom stereocenters. The highest BCUT2D eigenvalue weighted by atomic mass is 16.5. The van der Waals surface area contributed by atoms with Crippen LogP contribution >= 0.6 is 0 Å². The predicted octanol–water partition coefficient (Wildman–Crippen LogP) is 0.584. The van der Waals surface area contributed by atoms with E-state index in [4.69, 9.17) is 0 Å². The molecule has 0 bridgehead atoms. The molecule has 1 heterocycles. The van der Waals surface area contributed by atoms with Crippen LogP contribution in [0.5, 0.6) is 0 Å². The van der Waals surface area contributed by atoms with Gasteiger partial charge >= 0.3 is 5.97 Å². The van der Waals surface area contributed by atoms with E-state index < -0.39 is 5.97 Å². The van der Waals surface area contributed by atoms with Gasteiger partial charge in [0.25, 0.3) is 5.56 Å². The number of methoxy groups -OCH3 is 1. The van der Waals surface area contributed by atoms with Crippen LogP contribution in [0.3, 0.4) is 0 Å². The molecule has 14 heavy (non-hydrogen) atoms.